The van der Waals surface area contributed by atoms with Crippen LogP contribution in [-0.2, 0) is 22.4 Å². The molecule has 1 atom stereocenters. The molecule has 20 heavy (non-hydrogen) atoms. The van der Waals surface area contributed by atoms with E-state index in [4.69, 9.17) is 9.47 Å². The molecule has 0 spiro atoms. The van der Waals surface area contributed by atoms with Gasteiger partial charge in [0.25, 0.3) is 0 Å². The van der Waals surface area contributed by atoms with Crippen LogP contribution in [0.25, 0.3) is 0 Å². The molecular weight excluding hydrogens is 252 g/mol. The molecule has 1 aliphatic rings. The standard InChI is InChI=1S/C17H22O3/c1-4-17(3,16(18)19-5-2)10-8-13-6-7-15-14(12-13)9-11-20-15/h4,6-7,12H,1,5,8-11H2,2-3H3. The first-order chi connectivity index (χ1) is 9.59. The van der Waals surface area contributed by atoms with Gasteiger partial charge in [-0.1, -0.05) is 18.2 Å². The Kier molecular flexibility index (Phi) is 4.48. The maximum atomic E-state index is 12.0. The van der Waals surface area contributed by atoms with Crippen LogP contribution in [0.4, 0.5) is 0 Å². The number of esters is 1. The summed E-state index contributed by atoms with van der Waals surface area (Å²) in [7, 11) is 0. The van der Waals surface area contributed by atoms with Crippen LogP contribution >= 0.6 is 0 Å². The zero-order valence-corrected chi connectivity index (χ0v) is 12.3. The van der Waals surface area contributed by atoms with Gasteiger partial charge in [0.1, 0.15) is 5.75 Å². The smallest absolute Gasteiger partial charge is 0.315 e. The fourth-order valence-corrected chi connectivity index (χ4v) is 2.38. The van der Waals surface area contributed by atoms with Gasteiger partial charge in [0.2, 0.25) is 0 Å². The molecule has 0 saturated carbocycles. The van der Waals surface area contributed by atoms with Crippen molar-refractivity contribution < 1.29 is 14.3 Å². The van der Waals surface area contributed by atoms with Crippen molar-refractivity contribution >= 4 is 5.97 Å². The van der Waals surface area contributed by atoms with Gasteiger partial charge in [-0.3, -0.25) is 4.79 Å². The van der Waals surface area contributed by atoms with Crippen molar-refractivity contribution in [3.8, 4) is 5.75 Å². The summed E-state index contributed by atoms with van der Waals surface area (Å²) in [6, 6.07) is 6.27. The first-order valence-electron chi connectivity index (χ1n) is 7.14. The average Bonchev–Trinajstić information content (AvgIpc) is 2.92. The number of carbonyl (C=O) groups is 1. The molecule has 0 N–H and O–H groups in total. The Morgan fingerprint density at radius 1 is 1.55 bits per heavy atom. The maximum absolute atomic E-state index is 12.0. The van der Waals surface area contributed by atoms with Crippen molar-refractivity contribution in [2.45, 2.75) is 33.1 Å². The number of rotatable bonds is 6. The minimum Gasteiger partial charge on any atom is -0.493 e. The normalized spacial score (nSPS) is 15.9. The van der Waals surface area contributed by atoms with Crippen molar-refractivity contribution in [1.82, 2.24) is 0 Å². The van der Waals surface area contributed by atoms with Gasteiger partial charge in [0.15, 0.2) is 0 Å². The van der Waals surface area contributed by atoms with Gasteiger partial charge in [-0.2, -0.15) is 0 Å². The molecule has 1 aliphatic heterocycles. The van der Waals surface area contributed by atoms with Gasteiger partial charge < -0.3 is 9.47 Å². The second kappa shape index (κ2) is 6.12. The molecular formula is C17H22O3. The Labute approximate surface area is 120 Å². The Balaban J connectivity index is 2.03. The number of benzene rings is 1. The van der Waals surface area contributed by atoms with Gasteiger partial charge in [-0.25, -0.2) is 0 Å². The highest BCUT2D eigenvalue weighted by Gasteiger charge is 2.31. The van der Waals surface area contributed by atoms with Gasteiger partial charge in [0, 0.05) is 6.42 Å². The molecule has 0 amide bonds. The van der Waals surface area contributed by atoms with Crippen molar-refractivity contribution in [3.63, 3.8) is 0 Å². The lowest BCUT2D eigenvalue weighted by Crippen LogP contribution is -2.28. The summed E-state index contributed by atoms with van der Waals surface area (Å²) in [5.74, 6) is 0.796. The van der Waals surface area contributed by atoms with Crippen LogP contribution in [0.5, 0.6) is 5.75 Å². The summed E-state index contributed by atoms with van der Waals surface area (Å²) in [5.41, 5.74) is 1.87. The highest BCUT2D eigenvalue weighted by molar-refractivity contribution is 5.78. The number of ether oxygens (including phenoxy) is 2. The van der Waals surface area contributed by atoms with E-state index in [0.29, 0.717) is 13.0 Å². The minimum atomic E-state index is -0.620. The van der Waals surface area contributed by atoms with E-state index in [1.165, 1.54) is 11.1 Å². The monoisotopic (exact) mass is 274 g/mol. The SMILES string of the molecule is C=CC(C)(CCc1ccc2c(c1)CCO2)C(=O)OCC. The van der Waals surface area contributed by atoms with E-state index >= 15 is 0 Å². The Morgan fingerprint density at radius 3 is 3.05 bits per heavy atom. The summed E-state index contributed by atoms with van der Waals surface area (Å²) in [4.78, 5) is 12.0. The van der Waals surface area contributed by atoms with Gasteiger partial charge >= 0.3 is 5.97 Å². The molecule has 3 heteroatoms. The lowest BCUT2D eigenvalue weighted by atomic mass is 9.84. The fraction of sp³-hybridized carbons (Fsp3) is 0.471. The number of aryl methyl sites for hydroxylation is 1. The second-order valence-corrected chi connectivity index (χ2v) is 5.38. The van der Waals surface area contributed by atoms with E-state index in [1.54, 1.807) is 6.08 Å². The van der Waals surface area contributed by atoms with Gasteiger partial charge in [-0.05, 0) is 43.9 Å². The highest BCUT2D eigenvalue weighted by Crippen LogP contribution is 2.30. The van der Waals surface area contributed by atoms with Crippen LogP contribution in [0.1, 0.15) is 31.4 Å². The first kappa shape index (κ1) is 14.6. The lowest BCUT2D eigenvalue weighted by molar-refractivity contribution is -0.151. The third-order valence-corrected chi connectivity index (χ3v) is 3.88. The molecule has 0 aliphatic carbocycles. The molecule has 1 unspecified atom stereocenters. The number of hydrogen-bond donors (Lipinski definition) is 0. The molecule has 3 nitrogen and oxygen atoms in total. The van der Waals surface area contributed by atoms with E-state index in [2.05, 4.69) is 18.7 Å². The topological polar surface area (TPSA) is 35.5 Å². The molecule has 1 heterocycles. The van der Waals surface area contributed by atoms with Crippen molar-refractivity contribution in [3.05, 3.63) is 42.0 Å². The van der Waals surface area contributed by atoms with Crippen LogP contribution in [0, 0.1) is 5.41 Å². The summed E-state index contributed by atoms with van der Waals surface area (Å²) < 4.78 is 10.6. The summed E-state index contributed by atoms with van der Waals surface area (Å²) in [6.45, 7) is 8.66. The molecule has 0 radical (unpaired) electrons. The van der Waals surface area contributed by atoms with Crippen LogP contribution in [0.3, 0.4) is 0 Å². The zero-order chi connectivity index (χ0) is 14.6. The van der Waals surface area contributed by atoms with Crippen molar-refractivity contribution in [2.24, 2.45) is 5.41 Å². The molecule has 0 fully saturated rings. The molecule has 1 aromatic rings. The van der Waals surface area contributed by atoms with E-state index in [1.807, 2.05) is 19.9 Å². The lowest BCUT2D eigenvalue weighted by Gasteiger charge is -2.23. The number of fused-ring (bicyclic) bond motifs is 1. The Bertz CT molecular complexity index is 507. The van der Waals surface area contributed by atoms with Crippen molar-refractivity contribution in [1.29, 1.82) is 0 Å². The van der Waals surface area contributed by atoms with E-state index in [-0.39, 0.29) is 5.97 Å². The Hall–Kier alpha value is -1.77. The highest BCUT2D eigenvalue weighted by atomic mass is 16.5. The third-order valence-electron chi connectivity index (χ3n) is 3.88. The second-order valence-electron chi connectivity index (χ2n) is 5.38. The predicted molar refractivity (Wildman–Crippen MR) is 78.9 cm³/mol. The van der Waals surface area contributed by atoms with Gasteiger partial charge in [-0.15, -0.1) is 6.58 Å². The first-order valence-corrected chi connectivity index (χ1v) is 7.14. The fourth-order valence-electron chi connectivity index (χ4n) is 2.38. The van der Waals surface area contributed by atoms with Crippen LogP contribution in [0.2, 0.25) is 0 Å². The predicted octanol–water partition coefficient (Wildman–Crippen LogP) is 3.31. The molecule has 0 bridgehead atoms. The summed E-state index contributed by atoms with van der Waals surface area (Å²) >= 11 is 0. The molecule has 0 saturated heterocycles. The Morgan fingerprint density at radius 2 is 2.35 bits per heavy atom. The van der Waals surface area contributed by atoms with E-state index in [0.717, 1.165) is 25.2 Å². The van der Waals surface area contributed by atoms with E-state index < -0.39 is 5.41 Å². The quantitative estimate of drug-likeness (QED) is 0.590. The van der Waals surface area contributed by atoms with Crippen LogP contribution < -0.4 is 4.74 Å². The summed E-state index contributed by atoms with van der Waals surface area (Å²) in [5, 5.41) is 0. The average molecular weight is 274 g/mol. The molecule has 0 aromatic heterocycles. The van der Waals surface area contributed by atoms with Crippen molar-refractivity contribution in [2.75, 3.05) is 13.2 Å². The van der Waals surface area contributed by atoms with Gasteiger partial charge in [0.05, 0.1) is 18.6 Å². The minimum absolute atomic E-state index is 0.195. The largest absolute Gasteiger partial charge is 0.493 e. The molecule has 108 valence electrons. The van der Waals surface area contributed by atoms with Crippen LogP contribution in [-0.4, -0.2) is 19.2 Å². The maximum Gasteiger partial charge on any atom is 0.315 e. The van der Waals surface area contributed by atoms with E-state index in [9.17, 15) is 4.79 Å². The molecule has 2 rings (SSSR count). The number of carbonyl (C=O) groups excluding carboxylic acids is 1. The summed E-state index contributed by atoms with van der Waals surface area (Å²) in [6.07, 6.45) is 4.20. The molecule has 1 aromatic carbocycles. The zero-order valence-electron chi connectivity index (χ0n) is 12.3. The van der Waals surface area contributed by atoms with Crippen LogP contribution in [0.15, 0.2) is 30.9 Å². The number of hydrogen-bond acceptors (Lipinski definition) is 3. The third kappa shape index (κ3) is 3.03.